The number of aromatic nitrogens is 8. The number of hydrogen-bond acceptors (Lipinski definition) is 8. The molecule has 290 valence electrons. The topological polar surface area (TPSA) is 142 Å². The number of hydrogen-bond donors (Lipinski definition) is 2. The van der Waals surface area contributed by atoms with Gasteiger partial charge in [-0.15, -0.1) is 11.3 Å². The molecule has 6 aromatic rings. The highest BCUT2D eigenvalue weighted by atomic mass is 32.1. The molecule has 56 heavy (non-hydrogen) atoms. The lowest BCUT2D eigenvalue weighted by Crippen LogP contribution is -2.28. The maximum Gasteiger partial charge on any atom is 0.274 e. The van der Waals surface area contributed by atoms with Crippen molar-refractivity contribution in [1.29, 1.82) is 0 Å². The van der Waals surface area contributed by atoms with Crippen molar-refractivity contribution in [1.82, 2.24) is 49.7 Å². The van der Waals surface area contributed by atoms with Crippen LogP contribution in [0.2, 0.25) is 0 Å². The van der Waals surface area contributed by atoms with Crippen LogP contribution in [0.4, 0.5) is 0 Å². The van der Waals surface area contributed by atoms with Crippen LogP contribution in [0.15, 0.2) is 54.9 Å². The molecule has 2 unspecified atom stereocenters. The second-order valence-electron chi connectivity index (χ2n) is 16.1. The van der Waals surface area contributed by atoms with E-state index >= 15 is 0 Å². The fraction of sp³-hybridized carbons (Fsp3) is 0.419. The lowest BCUT2D eigenvalue weighted by atomic mass is 9.99. The Kier molecular flexibility index (Phi) is 10.2. The smallest absolute Gasteiger partial charge is 0.274 e. The minimum absolute atomic E-state index is 0.0320. The number of thiazole rings is 1. The monoisotopic (exact) mass is 770 g/mol. The maximum absolute atomic E-state index is 13.4. The summed E-state index contributed by atoms with van der Waals surface area (Å²) in [5.74, 6) is 0.764. The third kappa shape index (κ3) is 7.69. The molecule has 0 bridgehead atoms. The third-order valence-corrected chi connectivity index (χ3v) is 12.2. The molecule has 2 N–H and O–H groups in total. The van der Waals surface area contributed by atoms with Crippen molar-refractivity contribution < 1.29 is 9.59 Å². The van der Waals surface area contributed by atoms with Gasteiger partial charge in [0, 0.05) is 104 Å². The van der Waals surface area contributed by atoms with Crippen LogP contribution in [0.1, 0.15) is 130 Å². The highest BCUT2D eigenvalue weighted by molar-refractivity contribution is 7.15. The summed E-state index contributed by atoms with van der Waals surface area (Å²) >= 11 is 1.68. The van der Waals surface area contributed by atoms with Crippen LogP contribution in [0.3, 0.4) is 0 Å². The van der Waals surface area contributed by atoms with Gasteiger partial charge in [0.15, 0.2) is 0 Å². The first-order valence-corrected chi connectivity index (χ1v) is 20.5. The molecule has 12 nitrogen and oxygen atoms in total. The number of amides is 2. The number of likely N-dealkylation sites (tertiary alicyclic amines) is 2. The summed E-state index contributed by atoms with van der Waals surface area (Å²) in [5.41, 5.74) is 11.3. The number of aryl methyl sites for hydroxylation is 3. The Hall–Kier alpha value is -5.43. The number of nitrogens with zero attached hydrogens (tertiary/aromatic N) is 8. The van der Waals surface area contributed by atoms with E-state index in [1.807, 2.05) is 42.0 Å². The zero-order valence-corrected chi connectivity index (χ0v) is 34.1. The summed E-state index contributed by atoms with van der Waals surface area (Å²) in [5, 5.41) is 15.7. The van der Waals surface area contributed by atoms with Crippen LogP contribution < -0.4 is 0 Å². The van der Waals surface area contributed by atoms with Gasteiger partial charge in [0.25, 0.3) is 11.8 Å². The number of carbonyl (C=O) groups is 2. The molecule has 2 amide bonds. The molecule has 2 atom stereocenters. The molecule has 6 aromatic heterocycles. The normalized spacial score (nSPS) is 17.2. The predicted molar refractivity (Wildman–Crippen MR) is 218 cm³/mol. The van der Waals surface area contributed by atoms with Crippen LogP contribution in [-0.4, -0.2) is 87.7 Å². The van der Waals surface area contributed by atoms with Gasteiger partial charge in [0.05, 0.1) is 9.88 Å². The zero-order valence-electron chi connectivity index (χ0n) is 33.3. The fourth-order valence-electron chi connectivity index (χ4n) is 7.93. The van der Waals surface area contributed by atoms with Crippen molar-refractivity contribution in [3.05, 3.63) is 111 Å². The predicted octanol–water partition coefficient (Wildman–Crippen LogP) is 7.77. The Bertz CT molecular complexity index is 2400. The number of pyridine rings is 2. The molecule has 2 aliphatic heterocycles. The quantitative estimate of drug-likeness (QED) is 0.145. The van der Waals surface area contributed by atoms with Gasteiger partial charge in [0.2, 0.25) is 0 Å². The Balaban J connectivity index is 1.01. The summed E-state index contributed by atoms with van der Waals surface area (Å²) in [6.07, 6.45) is 6.48. The Morgan fingerprint density at radius 1 is 0.768 bits per heavy atom. The van der Waals surface area contributed by atoms with E-state index in [0.717, 1.165) is 79.3 Å². The largest absolute Gasteiger partial charge is 0.353 e. The Labute approximate surface area is 331 Å². The second-order valence-corrected chi connectivity index (χ2v) is 17.4. The van der Waals surface area contributed by atoms with Gasteiger partial charge in [-0.1, -0.05) is 27.7 Å². The van der Waals surface area contributed by atoms with Gasteiger partial charge >= 0.3 is 0 Å². The molecule has 2 fully saturated rings. The van der Waals surface area contributed by atoms with E-state index in [4.69, 9.17) is 9.97 Å². The first kappa shape index (κ1) is 37.5. The lowest BCUT2D eigenvalue weighted by molar-refractivity contribution is 0.0777. The van der Waals surface area contributed by atoms with Crippen molar-refractivity contribution in [2.24, 2.45) is 7.05 Å². The van der Waals surface area contributed by atoms with Crippen molar-refractivity contribution in [2.45, 2.75) is 84.5 Å². The van der Waals surface area contributed by atoms with E-state index < -0.39 is 0 Å². The number of H-pyrrole nitrogens is 2. The molecule has 0 aromatic carbocycles. The SMILES string of the molecule is Cc1cc(-c2cc(Cc3cc(-c4cnc(C)s4)cc(C4CCN(C(=O)c5cc(C(C)C)[nH]n5)C4)n3)n(C)c2)cc(C2CCN(C(=O)c3cc(C(C)C)[nH]n3)C2)n1. The van der Waals surface area contributed by atoms with Crippen molar-refractivity contribution >= 4 is 23.2 Å². The van der Waals surface area contributed by atoms with Crippen LogP contribution in [0, 0.1) is 13.8 Å². The van der Waals surface area contributed by atoms with Gasteiger partial charge in [-0.25, -0.2) is 4.98 Å². The summed E-state index contributed by atoms with van der Waals surface area (Å²) in [7, 11) is 2.09. The first-order chi connectivity index (χ1) is 26.9. The number of carbonyl (C=O) groups excluding carboxylic acids is 2. The summed E-state index contributed by atoms with van der Waals surface area (Å²) < 4.78 is 2.19. The van der Waals surface area contributed by atoms with Gasteiger partial charge in [-0.3, -0.25) is 29.8 Å². The molecule has 2 saturated heterocycles. The van der Waals surface area contributed by atoms with Gasteiger partial charge < -0.3 is 14.4 Å². The summed E-state index contributed by atoms with van der Waals surface area (Å²) in [6, 6.07) is 14.7. The van der Waals surface area contributed by atoms with Crippen LogP contribution in [0.25, 0.3) is 21.6 Å². The minimum atomic E-state index is -0.0381. The fourth-order valence-corrected chi connectivity index (χ4v) is 8.69. The van der Waals surface area contributed by atoms with Gasteiger partial charge in [-0.2, -0.15) is 10.2 Å². The number of nitrogens with one attached hydrogen (secondary N) is 2. The summed E-state index contributed by atoms with van der Waals surface area (Å²) in [6.45, 7) is 15.0. The van der Waals surface area contributed by atoms with E-state index in [1.54, 1.807) is 11.3 Å². The zero-order chi connectivity index (χ0) is 39.2. The maximum atomic E-state index is 13.4. The van der Waals surface area contributed by atoms with E-state index in [0.29, 0.717) is 44.0 Å². The van der Waals surface area contributed by atoms with Gasteiger partial charge in [-0.05, 0) is 97.7 Å². The molecule has 13 heteroatoms. The van der Waals surface area contributed by atoms with E-state index in [9.17, 15) is 9.59 Å². The Morgan fingerprint density at radius 2 is 1.36 bits per heavy atom. The third-order valence-electron chi connectivity index (χ3n) is 11.2. The van der Waals surface area contributed by atoms with Crippen LogP contribution >= 0.6 is 11.3 Å². The summed E-state index contributed by atoms with van der Waals surface area (Å²) in [4.78, 5) is 46.4. The van der Waals surface area contributed by atoms with E-state index in [1.165, 1.54) is 0 Å². The Morgan fingerprint density at radius 3 is 1.91 bits per heavy atom. The molecule has 8 rings (SSSR count). The highest BCUT2D eigenvalue weighted by Crippen LogP contribution is 2.35. The van der Waals surface area contributed by atoms with E-state index in [2.05, 4.69) is 101 Å². The average molecular weight is 771 g/mol. The minimum Gasteiger partial charge on any atom is -0.353 e. The molecular weight excluding hydrogens is 721 g/mol. The van der Waals surface area contributed by atoms with Crippen molar-refractivity contribution in [3.8, 4) is 21.6 Å². The highest BCUT2D eigenvalue weighted by Gasteiger charge is 2.32. The molecular formula is C43H50N10O2S. The molecule has 0 saturated carbocycles. The molecule has 0 radical (unpaired) electrons. The number of rotatable bonds is 10. The molecule has 0 spiro atoms. The van der Waals surface area contributed by atoms with Gasteiger partial charge in [0.1, 0.15) is 11.4 Å². The first-order valence-electron chi connectivity index (χ1n) is 19.7. The molecule has 2 aliphatic rings. The lowest BCUT2D eigenvalue weighted by Gasteiger charge is -2.16. The molecule has 8 heterocycles. The molecule has 0 aliphatic carbocycles. The number of aromatic amines is 2. The van der Waals surface area contributed by atoms with Crippen molar-refractivity contribution in [3.63, 3.8) is 0 Å². The van der Waals surface area contributed by atoms with Crippen LogP contribution in [0.5, 0.6) is 0 Å². The van der Waals surface area contributed by atoms with Crippen LogP contribution in [-0.2, 0) is 13.5 Å². The van der Waals surface area contributed by atoms with Crippen molar-refractivity contribution in [2.75, 3.05) is 26.2 Å². The average Bonchev–Trinajstić information content (AvgIpc) is 4.03. The van der Waals surface area contributed by atoms with E-state index in [-0.39, 0.29) is 35.5 Å². The second kappa shape index (κ2) is 15.2. The standard InChI is InChI=1S/C43H50N10O2S/c1-24(2)35-18-39(49-47-35)42(54)52-10-8-28(22-52)37-15-30(12-26(5)45-37)32-14-34(51(7)21-32)17-33-13-31(41-20-44-27(6)56-41)16-38(46-33)29-9-11-53(23-29)43(55)40-19-36(25(3)4)48-50-40/h12-16,18-21,24-25,28-29H,8-11,17,22-23H2,1-7H3,(H,47,49)(H,48,50).